The van der Waals surface area contributed by atoms with Gasteiger partial charge < -0.3 is 14.8 Å². The van der Waals surface area contributed by atoms with Gasteiger partial charge in [0.05, 0.1) is 6.61 Å². The minimum absolute atomic E-state index is 0.0340. The summed E-state index contributed by atoms with van der Waals surface area (Å²) in [4.78, 5) is 25.0. The third-order valence-electron chi connectivity index (χ3n) is 5.49. The molecule has 4 rings (SSSR count). The lowest BCUT2D eigenvalue weighted by atomic mass is 9.98. The zero-order chi connectivity index (χ0) is 21.6. The number of carbonyl (C=O) groups excluding carboxylic acids is 2. The van der Waals surface area contributed by atoms with Crippen molar-refractivity contribution in [2.45, 2.75) is 25.3 Å². The maximum Gasteiger partial charge on any atom is 0.407 e. The topological polar surface area (TPSA) is 64.6 Å². The van der Waals surface area contributed by atoms with Crippen molar-refractivity contribution in [3.05, 3.63) is 95.6 Å². The highest BCUT2D eigenvalue weighted by Crippen LogP contribution is 2.44. The van der Waals surface area contributed by atoms with Gasteiger partial charge in [0.15, 0.2) is 0 Å². The molecule has 5 heteroatoms. The van der Waals surface area contributed by atoms with Gasteiger partial charge in [-0.3, -0.25) is 0 Å². The molecule has 1 atom stereocenters. The zero-order valence-corrected chi connectivity index (χ0v) is 17.4. The Labute approximate surface area is 182 Å². The second-order valence-electron chi connectivity index (χ2n) is 7.46. The standard InChI is InChI=1S/C26H25NO4/c1-2-30-25(28)24(16-18-10-4-3-5-11-18)27-26(29)31-17-23-21-14-8-6-12-19(21)20-13-7-9-15-22(20)23/h3-15,23-24H,2,16-17H2,1H3,(H,27,29)/t24-/m0/s1. The number of ether oxygens (including phenoxy) is 2. The highest BCUT2D eigenvalue weighted by molar-refractivity contribution is 5.82. The summed E-state index contributed by atoms with van der Waals surface area (Å²) in [7, 11) is 0. The third-order valence-corrected chi connectivity index (χ3v) is 5.49. The maximum atomic E-state index is 12.6. The van der Waals surface area contributed by atoms with E-state index in [1.807, 2.05) is 54.6 Å². The fourth-order valence-electron chi connectivity index (χ4n) is 4.07. The van der Waals surface area contributed by atoms with Crippen LogP contribution in [0.25, 0.3) is 11.1 Å². The Morgan fingerprint density at radius 1 is 0.839 bits per heavy atom. The molecule has 0 fully saturated rings. The summed E-state index contributed by atoms with van der Waals surface area (Å²) < 4.78 is 10.7. The van der Waals surface area contributed by atoms with Crippen molar-refractivity contribution in [3.63, 3.8) is 0 Å². The van der Waals surface area contributed by atoms with Gasteiger partial charge in [-0.15, -0.1) is 0 Å². The van der Waals surface area contributed by atoms with Crippen molar-refractivity contribution in [2.75, 3.05) is 13.2 Å². The van der Waals surface area contributed by atoms with Crippen LogP contribution in [0, 0.1) is 0 Å². The predicted octanol–water partition coefficient (Wildman–Crippen LogP) is 4.70. The van der Waals surface area contributed by atoms with Crippen LogP contribution >= 0.6 is 0 Å². The number of carbonyl (C=O) groups is 2. The van der Waals surface area contributed by atoms with E-state index in [2.05, 4.69) is 29.6 Å². The van der Waals surface area contributed by atoms with E-state index in [-0.39, 0.29) is 19.1 Å². The summed E-state index contributed by atoms with van der Waals surface area (Å²) in [5, 5.41) is 2.69. The Bertz CT molecular complexity index is 1020. The van der Waals surface area contributed by atoms with Gasteiger partial charge in [-0.05, 0) is 34.7 Å². The Hall–Kier alpha value is -3.60. The summed E-state index contributed by atoms with van der Waals surface area (Å²) in [6.45, 7) is 2.18. The molecule has 158 valence electrons. The average molecular weight is 415 g/mol. The number of hydrogen-bond acceptors (Lipinski definition) is 4. The Kier molecular flexibility index (Phi) is 6.32. The summed E-state index contributed by atoms with van der Waals surface area (Å²) in [6.07, 6.45) is -0.292. The van der Waals surface area contributed by atoms with Crippen LogP contribution in [0.15, 0.2) is 78.9 Å². The van der Waals surface area contributed by atoms with E-state index in [0.29, 0.717) is 6.42 Å². The van der Waals surface area contributed by atoms with Crippen molar-refractivity contribution in [1.29, 1.82) is 0 Å². The number of hydrogen-bond donors (Lipinski definition) is 1. The molecule has 0 aromatic heterocycles. The number of fused-ring (bicyclic) bond motifs is 3. The Morgan fingerprint density at radius 3 is 2.03 bits per heavy atom. The van der Waals surface area contributed by atoms with E-state index >= 15 is 0 Å². The van der Waals surface area contributed by atoms with Gasteiger partial charge in [0.1, 0.15) is 12.6 Å². The molecule has 0 unspecified atom stereocenters. The van der Waals surface area contributed by atoms with Crippen molar-refractivity contribution >= 4 is 12.1 Å². The van der Waals surface area contributed by atoms with E-state index < -0.39 is 18.1 Å². The van der Waals surface area contributed by atoms with Crippen molar-refractivity contribution in [1.82, 2.24) is 5.32 Å². The van der Waals surface area contributed by atoms with Gasteiger partial charge in [0, 0.05) is 12.3 Å². The van der Waals surface area contributed by atoms with Crippen LogP contribution in [0.4, 0.5) is 4.79 Å². The van der Waals surface area contributed by atoms with Crippen molar-refractivity contribution < 1.29 is 19.1 Å². The van der Waals surface area contributed by atoms with E-state index in [1.165, 1.54) is 11.1 Å². The molecule has 1 N–H and O–H groups in total. The quantitative estimate of drug-likeness (QED) is 0.568. The molecule has 3 aromatic rings. The smallest absolute Gasteiger partial charge is 0.407 e. The third kappa shape index (κ3) is 4.61. The fourth-order valence-corrected chi connectivity index (χ4v) is 4.07. The summed E-state index contributed by atoms with van der Waals surface area (Å²) >= 11 is 0. The van der Waals surface area contributed by atoms with Crippen molar-refractivity contribution in [2.24, 2.45) is 0 Å². The molecule has 0 bridgehead atoms. The molecular weight excluding hydrogens is 390 g/mol. The normalized spacial score (nSPS) is 13.1. The Morgan fingerprint density at radius 2 is 1.42 bits per heavy atom. The molecule has 0 saturated heterocycles. The molecule has 31 heavy (non-hydrogen) atoms. The van der Waals surface area contributed by atoms with Gasteiger partial charge in [-0.1, -0.05) is 78.9 Å². The zero-order valence-electron chi connectivity index (χ0n) is 17.4. The second-order valence-corrected chi connectivity index (χ2v) is 7.46. The number of nitrogens with one attached hydrogen (secondary N) is 1. The maximum absolute atomic E-state index is 12.6. The van der Waals surface area contributed by atoms with Gasteiger partial charge in [0.25, 0.3) is 0 Å². The van der Waals surface area contributed by atoms with Crippen molar-refractivity contribution in [3.8, 4) is 11.1 Å². The number of alkyl carbamates (subject to hydrolysis) is 1. The minimum atomic E-state index is -0.807. The number of amides is 1. The first-order chi connectivity index (χ1) is 15.2. The lowest BCUT2D eigenvalue weighted by molar-refractivity contribution is -0.145. The van der Waals surface area contributed by atoms with Crippen LogP contribution in [0.5, 0.6) is 0 Å². The molecule has 0 aliphatic heterocycles. The summed E-state index contributed by atoms with van der Waals surface area (Å²) in [5.41, 5.74) is 5.55. The molecule has 0 spiro atoms. The summed E-state index contributed by atoms with van der Waals surface area (Å²) in [6, 6.07) is 25.0. The average Bonchev–Trinajstić information content (AvgIpc) is 3.12. The largest absolute Gasteiger partial charge is 0.464 e. The monoisotopic (exact) mass is 415 g/mol. The number of rotatable bonds is 7. The first-order valence-electron chi connectivity index (χ1n) is 10.5. The Balaban J connectivity index is 1.44. The van der Waals surface area contributed by atoms with Crippen LogP contribution in [-0.2, 0) is 20.7 Å². The van der Waals surface area contributed by atoms with Crippen LogP contribution in [0.2, 0.25) is 0 Å². The molecule has 1 amide bonds. The molecular formula is C26H25NO4. The number of esters is 1. The molecule has 1 aliphatic rings. The SMILES string of the molecule is CCOC(=O)[C@H](Cc1ccccc1)NC(=O)OCC1c2ccccc2-c2ccccc21. The lowest BCUT2D eigenvalue weighted by Gasteiger charge is -2.19. The van der Waals surface area contributed by atoms with E-state index in [4.69, 9.17) is 9.47 Å². The first-order valence-corrected chi connectivity index (χ1v) is 10.5. The van der Waals surface area contributed by atoms with Gasteiger partial charge in [-0.2, -0.15) is 0 Å². The fraction of sp³-hybridized carbons (Fsp3) is 0.231. The van der Waals surface area contributed by atoms with Crippen LogP contribution in [0.1, 0.15) is 29.5 Å². The van der Waals surface area contributed by atoms with Gasteiger partial charge >= 0.3 is 12.1 Å². The molecule has 5 nitrogen and oxygen atoms in total. The van der Waals surface area contributed by atoms with E-state index in [1.54, 1.807) is 6.92 Å². The number of benzene rings is 3. The molecule has 0 saturated carbocycles. The van der Waals surface area contributed by atoms with E-state index in [0.717, 1.165) is 16.7 Å². The molecule has 1 aliphatic carbocycles. The predicted molar refractivity (Wildman–Crippen MR) is 119 cm³/mol. The highest BCUT2D eigenvalue weighted by Gasteiger charge is 2.30. The van der Waals surface area contributed by atoms with Crippen LogP contribution in [0.3, 0.4) is 0 Å². The van der Waals surface area contributed by atoms with Gasteiger partial charge in [-0.25, -0.2) is 9.59 Å². The van der Waals surface area contributed by atoms with Gasteiger partial charge in [0.2, 0.25) is 0 Å². The lowest BCUT2D eigenvalue weighted by Crippen LogP contribution is -2.44. The summed E-state index contributed by atoms with van der Waals surface area (Å²) in [5.74, 6) is -0.506. The van der Waals surface area contributed by atoms with Crippen LogP contribution in [-0.4, -0.2) is 31.3 Å². The second kappa shape index (κ2) is 9.47. The molecule has 0 radical (unpaired) electrons. The molecule has 0 heterocycles. The molecule has 3 aromatic carbocycles. The first kappa shape index (κ1) is 20.7. The highest BCUT2D eigenvalue weighted by atomic mass is 16.6. The van der Waals surface area contributed by atoms with E-state index in [9.17, 15) is 9.59 Å². The minimum Gasteiger partial charge on any atom is -0.464 e. The van der Waals surface area contributed by atoms with Crippen LogP contribution < -0.4 is 5.32 Å².